The van der Waals surface area contributed by atoms with Crippen molar-refractivity contribution < 1.29 is 38.2 Å². The molecule has 0 spiro atoms. The van der Waals surface area contributed by atoms with E-state index in [9.17, 15) is 28.8 Å². The van der Waals surface area contributed by atoms with Crippen LogP contribution in [0.5, 0.6) is 0 Å². The summed E-state index contributed by atoms with van der Waals surface area (Å²) in [6.07, 6.45) is -2.60. The van der Waals surface area contributed by atoms with Gasteiger partial charge in [0.1, 0.15) is 0 Å². The molecule has 270 valence electrons. The number of amides is 2. The van der Waals surface area contributed by atoms with Gasteiger partial charge in [-0.1, -0.05) is 132 Å². The van der Waals surface area contributed by atoms with Gasteiger partial charge in [0.05, 0.1) is 27.9 Å². The van der Waals surface area contributed by atoms with E-state index in [-0.39, 0.29) is 27.9 Å². The summed E-state index contributed by atoms with van der Waals surface area (Å²) in [6.45, 7) is 3.79. The van der Waals surface area contributed by atoms with Crippen molar-refractivity contribution in [3.63, 3.8) is 0 Å². The number of ether oxygens (including phenoxy) is 2. The Balaban J connectivity index is 1.16. The Hall–Kier alpha value is -7.26. The number of nitrogens with zero attached hydrogens (tertiary/aromatic N) is 1. The molecule has 1 aliphatic rings. The largest absolute Gasteiger partial charge is 0.445 e. The number of rotatable bonds is 11. The average Bonchev–Trinajstić information content (AvgIpc) is 3.47. The molecule has 0 bridgehead atoms. The average molecular weight is 728 g/mol. The van der Waals surface area contributed by atoms with Gasteiger partial charge in [-0.2, -0.15) is 0 Å². The number of ketones is 2. The van der Waals surface area contributed by atoms with Crippen LogP contribution in [0.25, 0.3) is 0 Å². The molecule has 0 N–H and O–H groups in total. The van der Waals surface area contributed by atoms with Gasteiger partial charge >= 0.3 is 11.9 Å². The predicted molar refractivity (Wildman–Crippen MR) is 204 cm³/mol. The van der Waals surface area contributed by atoms with Crippen LogP contribution >= 0.6 is 0 Å². The second-order valence-corrected chi connectivity index (χ2v) is 13.1. The highest BCUT2D eigenvalue weighted by molar-refractivity contribution is 6.35. The van der Waals surface area contributed by atoms with Crippen LogP contribution in [0, 0.1) is 13.8 Å². The minimum atomic E-state index is -1.32. The number of Topliss-reactive ketones (excluding diaryl/α,β-unsaturated/α-hetero) is 2. The van der Waals surface area contributed by atoms with E-state index in [0.717, 1.165) is 16.0 Å². The number of aryl methyl sites for hydroxylation is 2. The monoisotopic (exact) mass is 727 g/mol. The van der Waals surface area contributed by atoms with E-state index in [1.165, 1.54) is 30.3 Å². The SMILES string of the molecule is Cc1ccc(C(=O)[C@@H](OC(=O)c2ccc3c(c2)C(=O)N(c2ccccc2C(=O)O[C@H](C(=O)c2ccc(C)cc2)c2ccccc2)C3=O)c2ccccc2)cc1. The number of anilines is 1. The van der Waals surface area contributed by atoms with E-state index in [1.807, 2.05) is 13.8 Å². The molecule has 55 heavy (non-hydrogen) atoms. The molecule has 0 aromatic heterocycles. The van der Waals surface area contributed by atoms with Gasteiger partial charge in [-0.05, 0) is 44.2 Å². The molecule has 6 aromatic rings. The summed E-state index contributed by atoms with van der Waals surface area (Å²) < 4.78 is 11.7. The third-order valence-corrected chi connectivity index (χ3v) is 9.29. The minimum absolute atomic E-state index is 0.00299. The molecule has 2 amide bonds. The van der Waals surface area contributed by atoms with E-state index in [4.69, 9.17) is 9.47 Å². The lowest BCUT2D eigenvalue weighted by Gasteiger charge is -2.21. The Labute approximate surface area is 316 Å². The highest BCUT2D eigenvalue weighted by Gasteiger charge is 2.40. The Bertz CT molecular complexity index is 2460. The van der Waals surface area contributed by atoms with Crippen LogP contribution in [0.1, 0.15) is 96.6 Å². The summed E-state index contributed by atoms with van der Waals surface area (Å²) in [5.74, 6) is -4.22. The third-order valence-electron chi connectivity index (χ3n) is 9.29. The first-order valence-corrected chi connectivity index (χ1v) is 17.5. The van der Waals surface area contributed by atoms with Crippen molar-refractivity contribution in [3.8, 4) is 0 Å². The number of benzene rings is 6. The molecule has 7 rings (SSSR count). The fraction of sp³-hybridized carbons (Fsp3) is 0.0870. The number of carbonyl (C=O) groups excluding carboxylic acids is 6. The maximum absolute atomic E-state index is 14.0. The third kappa shape index (κ3) is 7.36. The van der Waals surface area contributed by atoms with Crippen LogP contribution in [0.2, 0.25) is 0 Å². The van der Waals surface area contributed by atoms with Crippen molar-refractivity contribution in [2.75, 3.05) is 4.90 Å². The minimum Gasteiger partial charge on any atom is -0.445 e. The summed E-state index contributed by atoms with van der Waals surface area (Å²) in [4.78, 5) is 83.5. The van der Waals surface area contributed by atoms with Gasteiger partial charge < -0.3 is 9.47 Å². The fourth-order valence-electron chi connectivity index (χ4n) is 6.31. The zero-order chi connectivity index (χ0) is 38.6. The van der Waals surface area contributed by atoms with Gasteiger partial charge in [0, 0.05) is 22.3 Å². The van der Waals surface area contributed by atoms with Crippen LogP contribution in [0.15, 0.2) is 152 Å². The lowest BCUT2D eigenvalue weighted by molar-refractivity contribution is 0.0278. The number of fused-ring (bicyclic) bond motifs is 1. The number of para-hydroxylation sites is 1. The number of esters is 2. The Morgan fingerprint density at radius 1 is 0.473 bits per heavy atom. The lowest BCUT2D eigenvalue weighted by Crippen LogP contribution is -2.31. The number of hydrogen-bond donors (Lipinski definition) is 0. The van der Waals surface area contributed by atoms with E-state index in [1.54, 1.807) is 121 Å². The van der Waals surface area contributed by atoms with Crippen LogP contribution < -0.4 is 4.90 Å². The molecule has 0 fully saturated rings. The molecule has 0 radical (unpaired) electrons. The van der Waals surface area contributed by atoms with E-state index in [0.29, 0.717) is 22.3 Å². The summed E-state index contributed by atoms with van der Waals surface area (Å²) in [5, 5.41) is 0. The Morgan fingerprint density at radius 3 is 1.44 bits per heavy atom. The van der Waals surface area contributed by atoms with Gasteiger partial charge in [0.15, 0.2) is 12.2 Å². The van der Waals surface area contributed by atoms with E-state index >= 15 is 0 Å². The standard InChI is InChI=1S/C46H33NO8/c1-28-17-21-30(22-18-28)39(48)41(32-11-5-3-6-12-32)54-45(52)34-25-26-35-37(27-34)44(51)47(43(35)50)38-16-10-9-15-36(38)46(53)55-42(33-13-7-4-8-14-33)40(49)31-23-19-29(2)20-24-31/h3-27,41-42H,1-2H3/t41-,42-/m0/s1. The second-order valence-electron chi connectivity index (χ2n) is 13.1. The Morgan fingerprint density at radius 2 is 0.909 bits per heavy atom. The number of hydrogen-bond acceptors (Lipinski definition) is 8. The molecular weight excluding hydrogens is 695 g/mol. The quantitative estimate of drug-likeness (QED) is 0.0738. The molecule has 9 nitrogen and oxygen atoms in total. The molecular formula is C46H33NO8. The summed E-state index contributed by atoms with van der Waals surface area (Å²) in [6, 6.07) is 40.7. The topological polar surface area (TPSA) is 124 Å². The van der Waals surface area contributed by atoms with Crippen LogP contribution in [-0.2, 0) is 9.47 Å². The van der Waals surface area contributed by atoms with E-state index < -0.39 is 47.5 Å². The fourth-order valence-corrected chi connectivity index (χ4v) is 6.31. The molecule has 2 atom stereocenters. The normalized spacial score (nSPS) is 13.1. The molecule has 1 heterocycles. The predicted octanol–water partition coefficient (Wildman–Crippen LogP) is 8.67. The van der Waals surface area contributed by atoms with Gasteiger partial charge in [-0.25, -0.2) is 14.5 Å². The summed E-state index contributed by atoms with van der Waals surface area (Å²) >= 11 is 0. The molecule has 1 aliphatic heterocycles. The lowest BCUT2D eigenvalue weighted by atomic mass is 9.99. The second kappa shape index (κ2) is 15.4. The molecule has 0 saturated heterocycles. The summed E-state index contributed by atoms with van der Waals surface area (Å²) in [7, 11) is 0. The van der Waals surface area contributed by atoms with Crippen molar-refractivity contribution in [1.29, 1.82) is 0 Å². The first-order chi connectivity index (χ1) is 26.6. The number of carbonyl (C=O) groups is 6. The van der Waals surface area contributed by atoms with Crippen LogP contribution in [-0.4, -0.2) is 35.3 Å². The van der Waals surface area contributed by atoms with Crippen LogP contribution in [0.4, 0.5) is 5.69 Å². The van der Waals surface area contributed by atoms with Crippen molar-refractivity contribution in [3.05, 3.63) is 207 Å². The first kappa shape index (κ1) is 36.1. The van der Waals surface area contributed by atoms with E-state index in [2.05, 4.69) is 0 Å². The van der Waals surface area contributed by atoms with Gasteiger partial charge in [-0.3, -0.25) is 19.2 Å². The van der Waals surface area contributed by atoms with Gasteiger partial charge in [-0.15, -0.1) is 0 Å². The van der Waals surface area contributed by atoms with Gasteiger partial charge in [0.2, 0.25) is 11.6 Å². The van der Waals surface area contributed by atoms with Crippen LogP contribution in [0.3, 0.4) is 0 Å². The molecule has 6 aromatic carbocycles. The highest BCUT2D eigenvalue weighted by atomic mass is 16.6. The van der Waals surface area contributed by atoms with Crippen molar-refractivity contribution in [2.24, 2.45) is 0 Å². The Kier molecular flexibility index (Phi) is 10.1. The van der Waals surface area contributed by atoms with Crippen molar-refractivity contribution >= 4 is 41.0 Å². The highest BCUT2D eigenvalue weighted by Crippen LogP contribution is 2.34. The van der Waals surface area contributed by atoms with Crippen molar-refractivity contribution in [2.45, 2.75) is 26.1 Å². The number of imide groups is 1. The van der Waals surface area contributed by atoms with Crippen molar-refractivity contribution in [1.82, 2.24) is 0 Å². The zero-order valence-electron chi connectivity index (χ0n) is 29.8. The molecule has 0 aliphatic carbocycles. The first-order valence-electron chi connectivity index (χ1n) is 17.5. The maximum atomic E-state index is 14.0. The molecule has 9 heteroatoms. The summed E-state index contributed by atoms with van der Waals surface area (Å²) in [5.41, 5.74) is 3.14. The molecule has 0 unspecified atom stereocenters. The molecule has 0 saturated carbocycles. The smallest absolute Gasteiger partial charge is 0.341 e. The maximum Gasteiger partial charge on any atom is 0.341 e. The zero-order valence-corrected chi connectivity index (χ0v) is 29.8. The van der Waals surface area contributed by atoms with Gasteiger partial charge in [0.25, 0.3) is 11.8 Å².